The SMILES string of the molecule is c1ccc(SN(Sc2ccccn2)SC2CCCCC2)nc1. The Labute approximate surface area is 145 Å². The van der Waals surface area contributed by atoms with Gasteiger partial charge in [0.05, 0.1) is 0 Å². The third kappa shape index (κ3) is 5.19. The van der Waals surface area contributed by atoms with Crippen molar-refractivity contribution in [1.29, 1.82) is 0 Å². The molecule has 2 heterocycles. The van der Waals surface area contributed by atoms with Crippen molar-refractivity contribution in [3.63, 3.8) is 0 Å². The van der Waals surface area contributed by atoms with Gasteiger partial charge in [0.1, 0.15) is 10.1 Å². The highest BCUT2D eigenvalue weighted by molar-refractivity contribution is 8.25. The summed E-state index contributed by atoms with van der Waals surface area (Å²) in [5, 5.41) is 2.75. The summed E-state index contributed by atoms with van der Waals surface area (Å²) in [4.78, 5) is 8.85. The molecule has 2 aromatic rings. The Balaban J connectivity index is 1.66. The summed E-state index contributed by atoms with van der Waals surface area (Å²) in [6.07, 6.45) is 10.4. The Hall–Kier alpha value is -0.690. The van der Waals surface area contributed by atoms with E-state index in [1.807, 2.05) is 48.6 Å². The third-order valence-corrected chi connectivity index (χ3v) is 6.91. The molecule has 116 valence electrons. The number of nitrogens with zero attached hydrogens (tertiary/aromatic N) is 3. The Kier molecular flexibility index (Phi) is 6.48. The zero-order valence-corrected chi connectivity index (χ0v) is 14.7. The lowest BCUT2D eigenvalue weighted by Crippen LogP contribution is -2.12. The van der Waals surface area contributed by atoms with Crippen molar-refractivity contribution in [2.24, 2.45) is 0 Å². The van der Waals surface area contributed by atoms with Crippen molar-refractivity contribution in [1.82, 2.24) is 13.1 Å². The fourth-order valence-electron chi connectivity index (χ4n) is 2.31. The van der Waals surface area contributed by atoms with Crippen LogP contribution in [0.3, 0.4) is 0 Å². The molecule has 0 unspecified atom stereocenters. The van der Waals surface area contributed by atoms with Gasteiger partial charge in [0.2, 0.25) is 0 Å². The van der Waals surface area contributed by atoms with Gasteiger partial charge in [0, 0.05) is 41.5 Å². The number of hydrogen-bond donors (Lipinski definition) is 0. The van der Waals surface area contributed by atoms with Crippen LogP contribution < -0.4 is 0 Å². The fraction of sp³-hybridized carbons (Fsp3) is 0.375. The summed E-state index contributed by atoms with van der Waals surface area (Å²) in [5.41, 5.74) is 0. The van der Waals surface area contributed by atoms with Gasteiger partial charge in [-0.15, -0.1) is 3.12 Å². The minimum atomic E-state index is 0.709. The van der Waals surface area contributed by atoms with Gasteiger partial charge in [-0.2, -0.15) is 0 Å². The van der Waals surface area contributed by atoms with Gasteiger partial charge in [-0.1, -0.05) is 43.3 Å². The van der Waals surface area contributed by atoms with Crippen LogP contribution in [0, 0.1) is 0 Å². The van der Waals surface area contributed by atoms with E-state index < -0.39 is 0 Å². The van der Waals surface area contributed by atoms with E-state index in [2.05, 4.69) is 25.2 Å². The predicted octanol–water partition coefficient (Wildman–Crippen LogP) is 5.47. The number of aromatic nitrogens is 2. The number of rotatable bonds is 6. The minimum Gasteiger partial charge on any atom is -0.249 e. The van der Waals surface area contributed by atoms with Gasteiger partial charge in [-0.3, -0.25) is 0 Å². The molecule has 1 aliphatic carbocycles. The lowest BCUT2D eigenvalue weighted by Gasteiger charge is -2.26. The highest BCUT2D eigenvalue weighted by atomic mass is 32.3. The average Bonchev–Trinajstić information content (AvgIpc) is 2.57. The summed E-state index contributed by atoms with van der Waals surface area (Å²) < 4.78 is 2.26. The molecule has 3 nitrogen and oxygen atoms in total. The van der Waals surface area contributed by atoms with E-state index in [4.69, 9.17) is 0 Å². The Morgan fingerprint density at radius 1 is 0.818 bits per heavy atom. The zero-order chi connectivity index (χ0) is 15.0. The lowest BCUT2D eigenvalue weighted by atomic mass is 10.0. The maximum atomic E-state index is 4.43. The largest absolute Gasteiger partial charge is 0.249 e. The Bertz CT molecular complexity index is 506. The molecule has 0 atom stereocenters. The molecule has 1 fully saturated rings. The molecule has 0 N–H and O–H groups in total. The van der Waals surface area contributed by atoms with Crippen LogP contribution in [0.4, 0.5) is 0 Å². The minimum absolute atomic E-state index is 0.709. The average molecular weight is 350 g/mol. The molecule has 1 aliphatic rings. The number of pyridine rings is 2. The van der Waals surface area contributed by atoms with Crippen molar-refractivity contribution in [2.45, 2.75) is 47.4 Å². The molecule has 0 amide bonds. The van der Waals surface area contributed by atoms with Gasteiger partial charge >= 0.3 is 0 Å². The van der Waals surface area contributed by atoms with E-state index in [1.165, 1.54) is 32.1 Å². The molecule has 0 radical (unpaired) electrons. The van der Waals surface area contributed by atoms with E-state index in [0.717, 1.165) is 10.1 Å². The summed E-state index contributed by atoms with van der Waals surface area (Å²) >= 11 is 5.31. The smallest absolute Gasteiger partial charge is 0.113 e. The maximum Gasteiger partial charge on any atom is 0.113 e. The Morgan fingerprint density at radius 2 is 1.41 bits per heavy atom. The molecule has 6 heteroatoms. The van der Waals surface area contributed by atoms with Gasteiger partial charge < -0.3 is 0 Å². The van der Waals surface area contributed by atoms with E-state index in [-0.39, 0.29) is 0 Å². The first-order chi connectivity index (χ1) is 10.9. The van der Waals surface area contributed by atoms with E-state index in [1.54, 1.807) is 23.9 Å². The summed E-state index contributed by atoms with van der Waals surface area (Å²) in [5.74, 6) is 0. The molecule has 0 bridgehead atoms. The molecular weight excluding hydrogens is 330 g/mol. The maximum absolute atomic E-state index is 4.43. The molecular formula is C16H19N3S3. The van der Waals surface area contributed by atoms with Crippen LogP contribution in [-0.4, -0.2) is 18.3 Å². The number of hydrogen-bond acceptors (Lipinski definition) is 6. The van der Waals surface area contributed by atoms with Gasteiger partial charge in [-0.25, -0.2) is 9.97 Å². The van der Waals surface area contributed by atoms with Crippen molar-refractivity contribution in [2.75, 3.05) is 0 Å². The normalized spacial score (nSPS) is 16.0. The summed E-state index contributed by atoms with van der Waals surface area (Å²) in [7, 11) is 0. The van der Waals surface area contributed by atoms with Crippen LogP contribution in [0.15, 0.2) is 58.8 Å². The first-order valence-electron chi connectivity index (χ1n) is 7.55. The molecule has 22 heavy (non-hydrogen) atoms. The zero-order valence-electron chi connectivity index (χ0n) is 12.3. The molecule has 3 rings (SSSR count). The van der Waals surface area contributed by atoms with Crippen LogP contribution in [-0.2, 0) is 0 Å². The fourth-order valence-corrected chi connectivity index (χ4v) is 6.04. The molecule has 1 saturated carbocycles. The summed E-state index contributed by atoms with van der Waals surface area (Å²) in [6, 6.07) is 12.1. The van der Waals surface area contributed by atoms with E-state index >= 15 is 0 Å². The lowest BCUT2D eigenvalue weighted by molar-refractivity contribution is 0.514. The van der Waals surface area contributed by atoms with E-state index in [0.29, 0.717) is 5.25 Å². The Morgan fingerprint density at radius 3 is 1.91 bits per heavy atom. The first-order valence-corrected chi connectivity index (χ1v) is 9.93. The van der Waals surface area contributed by atoms with Crippen LogP contribution in [0.2, 0.25) is 0 Å². The van der Waals surface area contributed by atoms with Crippen LogP contribution >= 0.6 is 35.8 Å². The second-order valence-corrected chi connectivity index (χ2v) is 8.98. The standard InChI is InChI=1S/C16H19N3S3/c1-2-8-14(9-3-1)20-19(21-15-10-4-6-12-17-15)22-16-11-5-7-13-18-16/h4-7,10-14H,1-3,8-9H2. The topological polar surface area (TPSA) is 29.0 Å². The van der Waals surface area contributed by atoms with E-state index in [9.17, 15) is 0 Å². The first kappa shape index (κ1) is 16.2. The van der Waals surface area contributed by atoms with Gasteiger partial charge in [-0.05, 0) is 37.1 Å². The molecule has 0 aliphatic heterocycles. The third-order valence-electron chi connectivity index (χ3n) is 3.40. The van der Waals surface area contributed by atoms with Crippen LogP contribution in [0.1, 0.15) is 32.1 Å². The van der Waals surface area contributed by atoms with Crippen molar-refractivity contribution >= 4 is 35.8 Å². The highest BCUT2D eigenvalue weighted by Gasteiger charge is 2.20. The molecule has 2 aromatic heterocycles. The van der Waals surface area contributed by atoms with Crippen molar-refractivity contribution in [3.8, 4) is 0 Å². The highest BCUT2D eigenvalue weighted by Crippen LogP contribution is 2.43. The summed E-state index contributed by atoms with van der Waals surface area (Å²) in [6.45, 7) is 0. The monoisotopic (exact) mass is 349 g/mol. The molecule has 0 saturated heterocycles. The van der Waals surface area contributed by atoms with Crippen molar-refractivity contribution < 1.29 is 0 Å². The quantitative estimate of drug-likeness (QED) is 0.642. The second-order valence-electron chi connectivity index (χ2n) is 5.11. The van der Waals surface area contributed by atoms with Crippen molar-refractivity contribution in [3.05, 3.63) is 48.8 Å². The van der Waals surface area contributed by atoms with Gasteiger partial charge in [0.25, 0.3) is 0 Å². The van der Waals surface area contributed by atoms with Gasteiger partial charge in [0.15, 0.2) is 0 Å². The molecule has 0 spiro atoms. The predicted molar refractivity (Wildman–Crippen MR) is 96.5 cm³/mol. The van der Waals surface area contributed by atoms with Crippen LogP contribution in [0.25, 0.3) is 0 Å². The second kappa shape index (κ2) is 8.82. The molecule has 0 aromatic carbocycles. The van der Waals surface area contributed by atoms with Crippen LogP contribution in [0.5, 0.6) is 0 Å².